The Balaban J connectivity index is 1.16. The average Bonchev–Trinajstić information content (AvgIpc) is 3.57. The van der Waals surface area contributed by atoms with E-state index in [4.69, 9.17) is 4.74 Å². The Morgan fingerprint density at radius 3 is 2.50 bits per heavy atom. The molecule has 0 bridgehead atoms. The number of aromatic nitrogens is 1. The minimum absolute atomic E-state index is 0.0303. The van der Waals surface area contributed by atoms with E-state index in [9.17, 15) is 9.59 Å². The predicted molar refractivity (Wildman–Crippen MR) is 143 cm³/mol. The third kappa shape index (κ3) is 5.21. The van der Waals surface area contributed by atoms with Gasteiger partial charge in [-0.25, -0.2) is 0 Å². The predicted octanol–water partition coefficient (Wildman–Crippen LogP) is 5.38. The molecule has 2 aliphatic heterocycles. The molecular weight excluding hydrogens is 470 g/mol. The molecule has 7 heteroatoms. The van der Waals surface area contributed by atoms with Crippen LogP contribution < -0.4 is 4.74 Å². The van der Waals surface area contributed by atoms with Gasteiger partial charge in [-0.15, -0.1) is 11.3 Å². The Hall–Kier alpha value is -3.45. The number of hydrogen-bond donors (Lipinski definition) is 0. The van der Waals surface area contributed by atoms with Crippen LogP contribution in [0.3, 0.4) is 0 Å². The SMILES string of the molecule is CCOc1ccccc1/C=C/C(=O)N1CCC2(CC1)CCN(C(=O)c1ccc(-c3ccccn3)s1)C2. The number of benzene rings is 1. The maximum atomic E-state index is 13.2. The monoisotopic (exact) mass is 501 g/mol. The van der Waals surface area contributed by atoms with Gasteiger partial charge >= 0.3 is 0 Å². The number of pyridine rings is 1. The third-order valence-corrected chi connectivity index (χ3v) is 8.32. The molecule has 0 unspecified atom stereocenters. The molecule has 5 rings (SSSR count). The van der Waals surface area contributed by atoms with Gasteiger partial charge in [-0.1, -0.05) is 24.3 Å². The second-order valence-corrected chi connectivity index (χ2v) is 10.6. The molecule has 186 valence electrons. The molecule has 0 aliphatic carbocycles. The molecule has 1 aromatic carbocycles. The zero-order valence-electron chi connectivity index (χ0n) is 20.6. The number of rotatable bonds is 6. The summed E-state index contributed by atoms with van der Waals surface area (Å²) in [5.41, 5.74) is 1.91. The lowest BCUT2D eigenvalue weighted by Crippen LogP contribution is -2.44. The molecule has 0 N–H and O–H groups in total. The summed E-state index contributed by atoms with van der Waals surface area (Å²) < 4.78 is 5.65. The number of carbonyl (C=O) groups excluding carboxylic acids is 2. The maximum Gasteiger partial charge on any atom is 0.263 e. The minimum atomic E-state index is 0.0303. The van der Waals surface area contributed by atoms with Gasteiger partial charge in [0.2, 0.25) is 5.91 Å². The van der Waals surface area contributed by atoms with Gasteiger partial charge in [-0.2, -0.15) is 0 Å². The third-order valence-electron chi connectivity index (χ3n) is 7.22. The van der Waals surface area contributed by atoms with E-state index in [0.717, 1.165) is 72.2 Å². The second kappa shape index (κ2) is 10.7. The van der Waals surface area contributed by atoms with Crippen molar-refractivity contribution in [3.05, 3.63) is 77.3 Å². The smallest absolute Gasteiger partial charge is 0.263 e. The fraction of sp³-hybridized carbons (Fsp3) is 0.345. The van der Waals surface area contributed by atoms with Crippen molar-refractivity contribution in [1.29, 1.82) is 0 Å². The van der Waals surface area contributed by atoms with Crippen LogP contribution >= 0.6 is 11.3 Å². The summed E-state index contributed by atoms with van der Waals surface area (Å²) in [5, 5.41) is 0. The number of thiophene rings is 1. The molecule has 2 amide bonds. The summed E-state index contributed by atoms with van der Waals surface area (Å²) in [6.07, 6.45) is 8.11. The Morgan fingerprint density at radius 1 is 1.00 bits per heavy atom. The van der Waals surface area contributed by atoms with Crippen LogP contribution in [-0.2, 0) is 4.79 Å². The van der Waals surface area contributed by atoms with Crippen LogP contribution in [0, 0.1) is 5.41 Å². The lowest BCUT2D eigenvalue weighted by Gasteiger charge is -2.38. The molecule has 0 atom stereocenters. The van der Waals surface area contributed by atoms with Gasteiger partial charge in [0, 0.05) is 44.0 Å². The van der Waals surface area contributed by atoms with E-state index in [-0.39, 0.29) is 17.2 Å². The Kier molecular flexibility index (Phi) is 7.18. The molecule has 0 radical (unpaired) electrons. The highest BCUT2D eigenvalue weighted by Gasteiger charge is 2.42. The first-order valence-corrected chi connectivity index (χ1v) is 13.4. The molecule has 0 saturated carbocycles. The van der Waals surface area contributed by atoms with E-state index < -0.39 is 0 Å². The van der Waals surface area contributed by atoms with E-state index in [2.05, 4.69) is 4.98 Å². The second-order valence-electron chi connectivity index (χ2n) is 9.49. The Labute approximate surface area is 216 Å². The molecule has 36 heavy (non-hydrogen) atoms. The van der Waals surface area contributed by atoms with Gasteiger partial charge in [0.15, 0.2) is 0 Å². The molecule has 3 aromatic rings. The van der Waals surface area contributed by atoms with Crippen molar-refractivity contribution < 1.29 is 14.3 Å². The molecular formula is C29H31N3O3S. The molecule has 4 heterocycles. The maximum absolute atomic E-state index is 13.2. The number of ether oxygens (including phenoxy) is 1. The van der Waals surface area contributed by atoms with Crippen molar-refractivity contribution in [1.82, 2.24) is 14.8 Å². The number of piperidine rings is 1. The number of likely N-dealkylation sites (tertiary alicyclic amines) is 2. The number of nitrogens with zero attached hydrogens (tertiary/aromatic N) is 3. The van der Waals surface area contributed by atoms with Crippen LogP contribution in [0.4, 0.5) is 0 Å². The molecule has 2 fully saturated rings. The van der Waals surface area contributed by atoms with Gasteiger partial charge in [0.25, 0.3) is 5.91 Å². The lowest BCUT2D eigenvalue weighted by atomic mass is 9.78. The molecule has 6 nitrogen and oxygen atoms in total. The van der Waals surface area contributed by atoms with Crippen LogP contribution in [0.1, 0.15) is 41.4 Å². The fourth-order valence-corrected chi connectivity index (χ4v) is 6.10. The first-order chi connectivity index (χ1) is 17.6. The zero-order valence-corrected chi connectivity index (χ0v) is 21.4. The van der Waals surface area contributed by atoms with Crippen LogP contribution in [0.2, 0.25) is 0 Å². The summed E-state index contributed by atoms with van der Waals surface area (Å²) in [4.78, 5) is 36.2. The van der Waals surface area contributed by atoms with E-state index in [0.29, 0.717) is 6.61 Å². The Bertz CT molecular complexity index is 1250. The highest BCUT2D eigenvalue weighted by Crippen LogP contribution is 2.41. The van der Waals surface area contributed by atoms with Crippen LogP contribution in [-0.4, -0.2) is 59.4 Å². The number of para-hydroxylation sites is 1. The van der Waals surface area contributed by atoms with Crippen molar-refractivity contribution in [2.24, 2.45) is 5.41 Å². The number of carbonyl (C=O) groups is 2. The minimum Gasteiger partial charge on any atom is -0.493 e. The van der Waals surface area contributed by atoms with Crippen LogP contribution in [0.5, 0.6) is 5.75 Å². The molecule has 1 spiro atoms. The summed E-state index contributed by atoms with van der Waals surface area (Å²) in [6.45, 7) is 5.53. The van der Waals surface area contributed by atoms with Gasteiger partial charge in [0.05, 0.1) is 22.1 Å². The highest BCUT2D eigenvalue weighted by atomic mass is 32.1. The van der Waals surface area contributed by atoms with E-state index in [1.807, 2.05) is 77.4 Å². The van der Waals surface area contributed by atoms with E-state index in [1.165, 1.54) is 11.3 Å². The standard InChI is InChI=1S/C29H31N3O3S/c1-2-35-24-9-4-3-7-22(24)10-13-27(33)31-18-14-29(15-19-31)16-20-32(21-29)28(34)26-12-11-25(36-26)23-8-5-6-17-30-23/h3-13,17H,2,14-16,18-21H2,1H3/b13-10+. The normalized spacial score (nSPS) is 17.1. The van der Waals surface area contributed by atoms with Gasteiger partial charge < -0.3 is 14.5 Å². The topological polar surface area (TPSA) is 62.7 Å². The van der Waals surface area contributed by atoms with Crippen molar-refractivity contribution in [3.8, 4) is 16.3 Å². The van der Waals surface area contributed by atoms with Crippen molar-refractivity contribution >= 4 is 29.2 Å². The van der Waals surface area contributed by atoms with Gasteiger partial charge in [-0.3, -0.25) is 14.6 Å². The fourth-order valence-electron chi connectivity index (χ4n) is 5.14. The van der Waals surface area contributed by atoms with Gasteiger partial charge in [0.1, 0.15) is 5.75 Å². The largest absolute Gasteiger partial charge is 0.493 e. The zero-order chi connectivity index (χ0) is 25.0. The Morgan fingerprint density at radius 2 is 1.75 bits per heavy atom. The highest BCUT2D eigenvalue weighted by molar-refractivity contribution is 7.17. The lowest BCUT2D eigenvalue weighted by molar-refractivity contribution is -0.128. The average molecular weight is 502 g/mol. The number of amides is 2. The molecule has 2 aliphatic rings. The quantitative estimate of drug-likeness (QED) is 0.426. The molecule has 2 saturated heterocycles. The van der Waals surface area contributed by atoms with Crippen LogP contribution in [0.25, 0.3) is 16.6 Å². The molecule has 2 aromatic heterocycles. The van der Waals surface area contributed by atoms with Crippen LogP contribution in [0.15, 0.2) is 66.9 Å². The van der Waals surface area contributed by atoms with Crippen molar-refractivity contribution in [3.63, 3.8) is 0 Å². The summed E-state index contributed by atoms with van der Waals surface area (Å²) in [7, 11) is 0. The van der Waals surface area contributed by atoms with Crippen molar-refractivity contribution in [2.75, 3.05) is 32.8 Å². The summed E-state index contributed by atoms with van der Waals surface area (Å²) >= 11 is 1.50. The van der Waals surface area contributed by atoms with Crippen molar-refractivity contribution in [2.45, 2.75) is 26.2 Å². The summed E-state index contributed by atoms with van der Waals surface area (Å²) in [5.74, 6) is 0.923. The summed E-state index contributed by atoms with van der Waals surface area (Å²) in [6, 6.07) is 17.5. The van der Waals surface area contributed by atoms with E-state index in [1.54, 1.807) is 12.3 Å². The first-order valence-electron chi connectivity index (χ1n) is 12.6. The van der Waals surface area contributed by atoms with Gasteiger partial charge in [-0.05, 0) is 68.0 Å². The van der Waals surface area contributed by atoms with E-state index >= 15 is 0 Å². The first kappa shape index (κ1) is 24.3. The number of hydrogen-bond acceptors (Lipinski definition) is 5.